The molecule has 1 atom stereocenters. The van der Waals surface area contributed by atoms with Crippen LogP contribution in [0.1, 0.15) is 51.0 Å². The van der Waals surface area contributed by atoms with Crippen molar-refractivity contribution in [2.45, 2.75) is 68.1 Å². The van der Waals surface area contributed by atoms with E-state index in [-0.39, 0.29) is 6.04 Å². The van der Waals surface area contributed by atoms with Crippen LogP contribution in [0.3, 0.4) is 0 Å². The molecule has 0 aliphatic heterocycles. The first-order valence-corrected chi connectivity index (χ1v) is 8.66. The number of nitrogens with two attached hydrogens (primary N) is 1. The van der Waals surface area contributed by atoms with Crippen molar-refractivity contribution in [3.05, 3.63) is 28.8 Å². The standard InChI is InChI=1S/C16H24ClNS/c1-2-13(18)11-12-7-6-10-15(17)16(12)19-14-8-4-3-5-9-14/h6-7,10,13-14H,2-5,8-9,11,18H2,1H3. The van der Waals surface area contributed by atoms with Gasteiger partial charge in [0.25, 0.3) is 0 Å². The maximum atomic E-state index is 6.41. The van der Waals surface area contributed by atoms with Crippen LogP contribution < -0.4 is 5.73 Å². The molecule has 2 N–H and O–H groups in total. The van der Waals surface area contributed by atoms with Gasteiger partial charge in [0.15, 0.2) is 0 Å². The maximum absolute atomic E-state index is 6.41. The lowest BCUT2D eigenvalue weighted by atomic mass is 10.0. The van der Waals surface area contributed by atoms with Gasteiger partial charge in [0.05, 0.1) is 5.02 Å². The highest BCUT2D eigenvalue weighted by atomic mass is 35.5. The number of halogens is 1. The van der Waals surface area contributed by atoms with Gasteiger partial charge in [-0.15, -0.1) is 11.8 Å². The minimum atomic E-state index is 0.240. The summed E-state index contributed by atoms with van der Waals surface area (Å²) in [5.41, 5.74) is 7.44. The van der Waals surface area contributed by atoms with Crippen molar-refractivity contribution < 1.29 is 0 Å². The van der Waals surface area contributed by atoms with Gasteiger partial charge in [-0.05, 0) is 37.3 Å². The van der Waals surface area contributed by atoms with Crippen molar-refractivity contribution in [3.63, 3.8) is 0 Å². The number of hydrogen-bond donors (Lipinski definition) is 1. The second-order valence-corrected chi connectivity index (χ2v) is 7.20. The Labute approximate surface area is 126 Å². The van der Waals surface area contributed by atoms with Crippen LogP contribution >= 0.6 is 23.4 Å². The van der Waals surface area contributed by atoms with Gasteiger partial charge in [-0.25, -0.2) is 0 Å². The third-order valence-corrected chi connectivity index (χ3v) is 5.84. The van der Waals surface area contributed by atoms with E-state index in [9.17, 15) is 0 Å². The van der Waals surface area contributed by atoms with E-state index < -0.39 is 0 Å². The zero-order chi connectivity index (χ0) is 13.7. The first-order chi connectivity index (χ1) is 9.20. The highest BCUT2D eigenvalue weighted by Gasteiger charge is 2.18. The molecule has 106 valence electrons. The molecule has 1 saturated carbocycles. The molecular formula is C16H24ClNS. The van der Waals surface area contributed by atoms with Crippen molar-refractivity contribution in [1.82, 2.24) is 0 Å². The van der Waals surface area contributed by atoms with Gasteiger partial charge in [0.1, 0.15) is 0 Å². The van der Waals surface area contributed by atoms with E-state index in [0.717, 1.165) is 23.1 Å². The predicted molar refractivity (Wildman–Crippen MR) is 86.2 cm³/mol. The van der Waals surface area contributed by atoms with Crippen molar-refractivity contribution in [3.8, 4) is 0 Å². The summed E-state index contributed by atoms with van der Waals surface area (Å²) < 4.78 is 0. The molecular weight excluding hydrogens is 274 g/mol. The normalized spacial score (nSPS) is 18.5. The third kappa shape index (κ3) is 4.40. The molecule has 0 aromatic heterocycles. The zero-order valence-corrected chi connectivity index (χ0v) is 13.3. The van der Waals surface area contributed by atoms with Crippen LogP contribution in [0.15, 0.2) is 23.1 Å². The van der Waals surface area contributed by atoms with Crippen molar-refractivity contribution in [2.75, 3.05) is 0 Å². The van der Waals surface area contributed by atoms with E-state index in [1.165, 1.54) is 42.6 Å². The smallest absolute Gasteiger partial charge is 0.0544 e. The Morgan fingerprint density at radius 2 is 2.05 bits per heavy atom. The van der Waals surface area contributed by atoms with Crippen molar-refractivity contribution in [2.24, 2.45) is 5.73 Å². The molecule has 0 spiro atoms. The van der Waals surface area contributed by atoms with Crippen LogP contribution in [0, 0.1) is 0 Å². The Morgan fingerprint density at radius 3 is 2.74 bits per heavy atom. The molecule has 0 radical (unpaired) electrons. The molecule has 0 amide bonds. The van der Waals surface area contributed by atoms with Crippen LogP contribution in [0.4, 0.5) is 0 Å². The minimum Gasteiger partial charge on any atom is -0.327 e. The Bertz CT molecular complexity index is 402. The summed E-state index contributed by atoms with van der Waals surface area (Å²) in [5, 5.41) is 1.64. The predicted octanol–water partition coefficient (Wildman–Crippen LogP) is 5.04. The van der Waals surface area contributed by atoms with Gasteiger partial charge >= 0.3 is 0 Å². The van der Waals surface area contributed by atoms with Crippen LogP contribution in [-0.2, 0) is 6.42 Å². The van der Waals surface area contributed by atoms with Gasteiger partial charge < -0.3 is 5.73 Å². The average Bonchev–Trinajstić information content (AvgIpc) is 2.43. The van der Waals surface area contributed by atoms with E-state index in [2.05, 4.69) is 13.0 Å². The van der Waals surface area contributed by atoms with E-state index in [0.29, 0.717) is 0 Å². The SMILES string of the molecule is CCC(N)Cc1cccc(Cl)c1SC1CCCCC1. The summed E-state index contributed by atoms with van der Waals surface area (Å²) in [6.07, 6.45) is 8.74. The van der Waals surface area contributed by atoms with E-state index >= 15 is 0 Å². The molecule has 1 fully saturated rings. The second kappa shape index (κ2) is 7.56. The Balaban J connectivity index is 2.12. The quantitative estimate of drug-likeness (QED) is 0.823. The molecule has 19 heavy (non-hydrogen) atoms. The van der Waals surface area contributed by atoms with Crippen LogP contribution in [0.25, 0.3) is 0 Å². The van der Waals surface area contributed by atoms with E-state index in [1.54, 1.807) is 0 Å². The van der Waals surface area contributed by atoms with Crippen LogP contribution in [-0.4, -0.2) is 11.3 Å². The Morgan fingerprint density at radius 1 is 1.32 bits per heavy atom. The Kier molecular flexibility index (Phi) is 6.06. The summed E-state index contributed by atoms with van der Waals surface area (Å²) in [7, 11) is 0. The molecule has 1 unspecified atom stereocenters. The molecule has 1 nitrogen and oxygen atoms in total. The van der Waals surface area contributed by atoms with Crippen LogP contribution in [0.5, 0.6) is 0 Å². The lowest BCUT2D eigenvalue weighted by Gasteiger charge is -2.23. The summed E-state index contributed by atoms with van der Waals surface area (Å²) in [5.74, 6) is 0. The summed E-state index contributed by atoms with van der Waals surface area (Å²) in [6.45, 7) is 2.14. The van der Waals surface area contributed by atoms with Gasteiger partial charge in [0.2, 0.25) is 0 Å². The summed E-state index contributed by atoms with van der Waals surface area (Å²) in [4.78, 5) is 1.28. The van der Waals surface area contributed by atoms with Gasteiger partial charge in [-0.2, -0.15) is 0 Å². The molecule has 1 aromatic carbocycles. The summed E-state index contributed by atoms with van der Waals surface area (Å²) in [6, 6.07) is 6.48. The fraction of sp³-hybridized carbons (Fsp3) is 0.625. The molecule has 2 rings (SSSR count). The lowest BCUT2D eigenvalue weighted by Crippen LogP contribution is -2.22. The highest BCUT2D eigenvalue weighted by molar-refractivity contribution is 8.00. The zero-order valence-electron chi connectivity index (χ0n) is 11.7. The minimum absolute atomic E-state index is 0.240. The van der Waals surface area contributed by atoms with E-state index in [1.807, 2.05) is 23.9 Å². The molecule has 1 aromatic rings. The van der Waals surface area contributed by atoms with Crippen molar-refractivity contribution in [1.29, 1.82) is 0 Å². The fourth-order valence-corrected chi connectivity index (χ4v) is 4.34. The molecule has 1 aliphatic carbocycles. The maximum Gasteiger partial charge on any atom is 0.0544 e. The molecule has 3 heteroatoms. The molecule has 0 bridgehead atoms. The number of thioether (sulfide) groups is 1. The van der Waals surface area contributed by atoms with E-state index in [4.69, 9.17) is 17.3 Å². The average molecular weight is 298 g/mol. The third-order valence-electron chi connectivity index (χ3n) is 3.89. The van der Waals surface area contributed by atoms with Gasteiger partial charge in [0, 0.05) is 16.2 Å². The van der Waals surface area contributed by atoms with Gasteiger partial charge in [-0.1, -0.05) is 49.9 Å². The molecule has 0 heterocycles. The van der Waals surface area contributed by atoms with Gasteiger partial charge in [-0.3, -0.25) is 0 Å². The first-order valence-electron chi connectivity index (χ1n) is 7.40. The largest absolute Gasteiger partial charge is 0.327 e. The summed E-state index contributed by atoms with van der Waals surface area (Å²) >= 11 is 8.40. The number of hydrogen-bond acceptors (Lipinski definition) is 2. The monoisotopic (exact) mass is 297 g/mol. The topological polar surface area (TPSA) is 26.0 Å². The lowest BCUT2D eigenvalue weighted by molar-refractivity contribution is 0.516. The van der Waals surface area contributed by atoms with Crippen molar-refractivity contribution >= 4 is 23.4 Å². The fourth-order valence-electron chi connectivity index (χ4n) is 2.62. The van der Waals surface area contributed by atoms with Crippen LogP contribution in [0.2, 0.25) is 5.02 Å². The number of benzene rings is 1. The first kappa shape index (κ1) is 15.2. The highest BCUT2D eigenvalue weighted by Crippen LogP contribution is 2.39. The second-order valence-electron chi connectivity index (χ2n) is 5.48. The molecule has 0 saturated heterocycles. The Hall–Kier alpha value is -0.180. The number of rotatable bonds is 5. The molecule has 1 aliphatic rings.